The summed E-state index contributed by atoms with van der Waals surface area (Å²) in [6.45, 7) is 0. The van der Waals surface area contributed by atoms with Gasteiger partial charge in [-0.3, -0.25) is 9.59 Å². The molecule has 2 aromatic carbocycles. The van der Waals surface area contributed by atoms with Crippen molar-refractivity contribution in [2.75, 3.05) is 0 Å². The molecule has 0 saturated heterocycles. The molecule has 0 amide bonds. The summed E-state index contributed by atoms with van der Waals surface area (Å²) in [5, 5.41) is 10.3. The number of halogens is 2. The molecule has 0 fully saturated rings. The number of aromatic hydroxyl groups is 1. The Morgan fingerprint density at radius 3 is 2.26 bits per heavy atom. The molecule has 0 bridgehead atoms. The highest BCUT2D eigenvalue weighted by Crippen LogP contribution is 2.37. The summed E-state index contributed by atoms with van der Waals surface area (Å²) in [5.74, 6) is -1.10. The average Bonchev–Trinajstić information content (AvgIpc) is 2.38. The minimum absolute atomic E-state index is 0.0430. The van der Waals surface area contributed by atoms with Crippen LogP contribution in [-0.2, 0) is 0 Å². The van der Waals surface area contributed by atoms with E-state index in [1.807, 2.05) is 0 Å². The topological polar surface area (TPSA) is 54.4 Å². The van der Waals surface area contributed by atoms with E-state index in [0.717, 1.165) is 0 Å². The molecule has 19 heavy (non-hydrogen) atoms. The number of benzene rings is 2. The number of phenols is 1. The molecule has 0 atom stereocenters. The van der Waals surface area contributed by atoms with Gasteiger partial charge in [0.05, 0.1) is 16.1 Å². The van der Waals surface area contributed by atoms with Gasteiger partial charge in [-0.1, -0.05) is 23.2 Å². The van der Waals surface area contributed by atoms with Crippen molar-refractivity contribution in [2.45, 2.75) is 0 Å². The van der Waals surface area contributed by atoms with Crippen LogP contribution in [0.15, 0.2) is 30.3 Å². The van der Waals surface area contributed by atoms with E-state index < -0.39 is 5.78 Å². The Morgan fingerprint density at radius 1 is 0.842 bits per heavy atom. The van der Waals surface area contributed by atoms with E-state index in [4.69, 9.17) is 23.2 Å². The van der Waals surface area contributed by atoms with Gasteiger partial charge in [-0.2, -0.15) is 0 Å². The summed E-state index contributed by atoms with van der Waals surface area (Å²) in [4.78, 5) is 24.7. The Hall–Kier alpha value is -1.84. The summed E-state index contributed by atoms with van der Waals surface area (Å²) in [6.07, 6.45) is 0. The van der Waals surface area contributed by atoms with Gasteiger partial charge in [-0.15, -0.1) is 0 Å². The first-order valence-corrected chi connectivity index (χ1v) is 6.16. The quantitative estimate of drug-likeness (QED) is 0.690. The highest BCUT2D eigenvalue weighted by molar-refractivity contribution is 6.40. The third kappa shape index (κ3) is 1.66. The van der Waals surface area contributed by atoms with Crippen LogP contribution in [0.1, 0.15) is 31.8 Å². The van der Waals surface area contributed by atoms with Crippen molar-refractivity contribution in [2.24, 2.45) is 0 Å². The maximum absolute atomic E-state index is 12.3. The van der Waals surface area contributed by atoms with Crippen LogP contribution in [0.25, 0.3) is 0 Å². The number of fused-ring (bicyclic) bond motifs is 2. The Labute approximate surface area is 118 Å². The zero-order valence-electron chi connectivity index (χ0n) is 9.41. The number of hydrogen-bond acceptors (Lipinski definition) is 3. The van der Waals surface area contributed by atoms with Gasteiger partial charge in [-0.25, -0.2) is 0 Å². The highest BCUT2D eigenvalue weighted by Gasteiger charge is 2.33. The molecule has 2 aromatic rings. The maximum atomic E-state index is 12.3. The number of ketones is 2. The van der Waals surface area contributed by atoms with E-state index in [2.05, 4.69) is 0 Å². The molecule has 0 saturated carbocycles. The van der Waals surface area contributed by atoms with E-state index in [9.17, 15) is 14.7 Å². The molecule has 0 heterocycles. The standard InChI is InChI=1S/C14H6Cl2O3/c15-6-1-2-7-8(5-6)14(19)12-10(17)4-3-9(16)11(12)13(7)18/h1-5,17H. The molecular formula is C14H6Cl2O3. The van der Waals surface area contributed by atoms with Crippen molar-refractivity contribution in [3.8, 4) is 5.75 Å². The van der Waals surface area contributed by atoms with Gasteiger partial charge in [0.15, 0.2) is 11.6 Å². The lowest BCUT2D eigenvalue weighted by Crippen LogP contribution is -2.21. The first-order chi connectivity index (χ1) is 9.00. The van der Waals surface area contributed by atoms with Crippen molar-refractivity contribution < 1.29 is 14.7 Å². The van der Waals surface area contributed by atoms with Gasteiger partial charge in [-0.05, 0) is 30.3 Å². The number of hydrogen-bond donors (Lipinski definition) is 1. The highest BCUT2D eigenvalue weighted by atomic mass is 35.5. The molecule has 94 valence electrons. The summed E-state index contributed by atoms with van der Waals surface area (Å²) in [7, 11) is 0. The van der Waals surface area contributed by atoms with Crippen LogP contribution in [0.5, 0.6) is 5.75 Å². The van der Waals surface area contributed by atoms with E-state index in [-0.39, 0.29) is 38.8 Å². The Bertz CT molecular complexity index is 751. The number of phenolic OH excluding ortho intramolecular Hbond substituents is 1. The second kappa shape index (κ2) is 4.08. The largest absolute Gasteiger partial charge is 0.507 e. The molecule has 1 aliphatic carbocycles. The molecule has 0 radical (unpaired) electrons. The number of carbonyl (C=O) groups excluding carboxylic acids is 2. The van der Waals surface area contributed by atoms with Crippen LogP contribution < -0.4 is 0 Å². The van der Waals surface area contributed by atoms with E-state index in [0.29, 0.717) is 5.02 Å². The molecule has 0 unspecified atom stereocenters. The van der Waals surface area contributed by atoms with Crippen molar-refractivity contribution in [1.29, 1.82) is 0 Å². The molecule has 5 heteroatoms. The van der Waals surface area contributed by atoms with Gasteiger partial charge >= 0.3 is 0 Å². The fraction of sp³-hybridized carbons (Fsp3) is 0. The lowest BCUT2D eigenvalue weighted by atomic mass is 9.83. The molecular weight excluding hydrogens is 287 g/mol. The van der Waals surface area contributed by atoms with Crippen LogP contribution in [-0.4, -0.2) is 16.7 Å². The monoisotopic (exact) mass is 292 g/mol. The Kier molecular flexibility index (Phi) is 2.62. The van der Waals surface area contributed by atoms with E-state index >= 15 is 0 Å². The van der Waals surface area contributed by atoms with Crippen molar-refractivity contribution in [3.05, 3.63) is 62.6 Å². The van der Waals surface area contributed by atoms with E-state index in [1.165, 1.54) is 30.3 Å². The second-order valence-corrected chi connectivity index (χ2v) is 5.01. The normalized spacial score (nSPS) is 13.2. The lowest BCUT2D eigenvalue weighted by Gasteiger charge is -2.19. The van der Waals surface area contributed by atoms with Crippen molar-refractivity contribution in [1.82, 2.24) is 0 Å². The zero-order chi connectivity index (χ0) is 13.7. The first-order valence-electron chi connectivity index (χ1n) is 5.41. The molecule has 0 aromatic heterocycles. The third-order valence-electron chi connectivity index (χ3n) is 3.06. The SMILES string of the molecule is O=C1c2cc(Cl)ccc2C(=O)c2c(Cl)ccc(O)c21. The summed E-state index contributed by atoms with van der Waals surface area (Å²) >= 11 is 11.8. The van der Waals surface area contributed by atoms with Gasteiger partial charge in [0.1, 0.15) is 5.75 Å². The molecule has 1 N–H and O–H groups in total. The van der Waals surface area contributed by atoms with Crippen molar-refractivity contribution >= 4 is 34.8 Å². The van der Waals surface area contributed by atoms with Crippen LogP contribution in [0.3, 0.4) is 0 Å². The van der Waals surface area contributed by atoms with Crippen LogP contribution in [0, 0.1) is 0 Å². The second-order valence-electron chi connectivity index (χ2n) is 4.16. The smallest absolute Gasteiger partial charge is 0.198 e. The van der Waals surface area contributed by atoms with Crippen molar-refractivity contribution in [3.63, 3.8) is 0 Å². The minimum atomic E-state index is -0.452. The van der Waals surface area contributed by atoms with Crippen LogP contribution >= 0.6 is 23.2 Å². The molecule has 0 aliphatic heterocycles. The van der Waals surface area contributed by atoms with E-state index in [1.54, 1.807) is 0 Å². The molecule has 1 aliphatic rings. The minimum Gasteiger partial charge on any atom is -0.507 e. The van der Waals surface area contributed by atoms with Crippen LogP contribution in [0.2, 0.25) is 10.0 Å². The summed E-state index contributed by atoms with van der Waals surface area (Å²) < 4.78 is 0. The average molecular weight is 293 g/mol. The predicted molar refractivity (Wildman–Crippen MR) is 71.4 cm³/mol. The first kappa shape index (κ1) is 12.2. The van der Waals surface area contributed by atoms with Gasteiger partial charge in [0.25, 0.3) is 0 Å². The fourth-order valence-corrected chi connectivity index (χ4v) is 2.61. The predicted octanol–water partition coefficient (Wildman–Crippen LogP) is 3.47. The van der Waals surface area contributed by atoms with Gasteiger partial charge in [0, 0.05) is 16.1 Å². The van der Waals surface area contributed by atoms with Gasteiger partial charge in [0.2, 0.25) is 0 Å². The molecule has 0 spiro atoms. The number of carbonyl (C=O) groups is 2. The van der Waals surface area contributed by atoms with Crippen LogP contribution in [0.4, 0.5) is 0 Å². The van der Waals surface area contributed by atoms with Gasteiger partial charge < -0.3 is 5.11 Å². The lowest BCUT2D eigenvalue weighted by molar-refractivity contribution is 0.0977. The Morgan fingerprint density at radius 2 is 1.53 bits per heavy atom. The summed E-state index contributed by atoms with van der Waals surface area (Å²) in [6, 6.07) is 7.12. The Balaban J connectivity index is 2.39. The maximum Gasteiger partial charge on any atom is 0.198 e. The summed E-state index contributed by atoms with van der Waals surface area (Å²) in [5.41, 5.74) is 0.408. The molecule has 3 rings (SSSR count). The number of rotatable bonds is 0. The zero-order valence-corrected chi connectivity index (χ0v) is 10.9. The molecule has 3 nitrogen and oxygen atoms in total. The third-order valence-corrected chi connectivity index (χ3v) is 3.61. The fourth-order valence-electron chi connectivity index (χ4n) is 2.19.